The first-order chi connectivity index (χ1) is 13.6. The molecule has 1 aliphatic rings. The van der Waals surface area contributed by atoms with Crippen LogP contribution in [-0.4, -0.2) is 27.0 Å². The van der Waals surface area contributed by atoms with Crippen molar-refractivity contribution in [1.29, 1.82) is 0 Å². The van der Waals surface area contributed by atoms with Crippen LogP contribution in [0.3, 0.4) is 0 Å². The second-order valence-corrected chi connectivity index (χ2v) is 7.46. The highest BCUT2D eigenvalue weighted by molar-refractivity contribution is 6.30. The SMILES string of the molecule is CC1c2c(cccc2-c2ccco2)CCN1C(=O)c1cc2ccc(Cl)cn2n1. The molecule has 0 bridgehead atoms. The van der Waals surface area contributed by atoms with E-state index in [0.29, 0.717) is 17.3 Å². The monoisotopic (exact) mass is 391 g/mol. The fourth-order valence-electron chi connectivity index (χ4n) is 4.05. The number of benzene rings is 1. The van der Waals surface area contributed by atoms with Crippen LogP contribution in [-0.2, 0) is 6.42 Å². The van der Waals surface area contributed by atoms with E-state index >= 15 is 0 Å². The Kier molecular flexibility index (Phi) is 3.98. The molecule has 3 aromatic heterocycles. The molecule has 0 radical (unpaired) electrons. The first kappa shape index (κ1) is 17.1. The Morgan fingerprint density at radius 3 is 2.93 bits per heavy atom. The molecule has 1 aliphatic heterocycles. The number of nitrogens with zero attached hydrogens (tertiary/aromatic N) is 3. The van der Waals surface area contributed by atoms with Crippen molar-refractivity contribution < 1.29 is 9.21 Å². The van der Waals surface area contributed by atoms with Crippen LogP contribution in [0.1, 0.15) is 34.6 Å². The van der Waals surface area contributed by atoms with Gasteiger partial charge in [-0.2, -0.15) is 5.10 Å². The molecule has 0 saturated heterocycles. The van der Waals surface area contributed by atoms with Crippen molar-refractivity contribution >= 4 is 23.0 Å². The van der Waals surface area contributed by atoms with Crippen LogP contribution in [0.25, 0.3) is 16.8 Å². The van der Waals surface area contributed by atoms with Gasteiger partial charge in [0.15, 0.2) is 5.69 Å². The van der Waals surface area contributed by atoms with Gasteiger partial charge in [-0.25, -0.2) is 4.52 Å². The summed E-state index contributed by atoms with van der Waals surface area (Å²) in [6.45, 7) is 2.72. The minimum absolute atomic E-state index is 0.0766. The van der Waals surface area contributed by atoms with Gasteiger partial charge in [-0.1, -0.05) is 29.8 Å². The van der Waals surface area contributed by atoms with E-state index < -0.39 is 0 Å². The van der Waals surface area contributed by atoms with Crippen molar-refractivity contribution in [1.82, 2.24) is 14.5 Å². The van der Waals surface area contributed by atoms with E-state index in [1.807, 2.05) is 29.2 Å². The number of carbonyl (C=O) groups is 1. The Balaban J connectivity index is 1.53. The lowest BCUT2D eigenvalue weighted by Crippen LogP contribution is -2.39. The molecule has 1 unspecified atom stereocenters. The summed E-state index contributed by atoms with van der Waals surface area (Å²) < 4.78 is 7.28. The Bertz CT molecular complexity index is 1180. The third kappa shape index (κ3) is 2.70. The zero-order chi connectivity index (χ0) is 19.3. The number of pyridine rings is 1. The van der Waals surface area contributed by atoms with Crippen LogP contribution < -0.4 is 0 Å². The zero-order valence-electron chi connectivity index (χ0n) is 15.3. The molecule has 0 aliphatic carbocycles. The number of hydrogen-bond acceptors (Lipinski definition) is 3. The molecule has 0 spiro atoms. The smallest absolute Gasteiger partial charge is 0.274 e. The summed E-state index contributed by atoms with van der Waals surface area (Å²) in [4.78, 5) is 15.2. The topological polar surface area (TPSA) is 50.8 Å². The number of aromatic nitrogens is 2. The second-order valence-electron chi connectivity index (χ2n) is 7.03. The second kappa shape index (κ2) is 6.53. The summed E-state index contributed by atoms with van der Waals surface area (Å²) in [5.41, 5.74) is 4.70. The van der Waals surface area contributed by atoms with E-state index in [9.17, 15) is 4.79 Å². The molecule has 0 saturated carbocycles. The Hall–Kier alpha value is -3.05. The number of halogens is 1. The summed E-state index contributed by atoms with van der Waals surface area (Å²) >= 11 is 6.04. The van der Waals surface area contributed by atoms with E-state index in [2.05, 4.69) is 24.2 Å². The molecule has 0 N–H and O–H groups in total. The maximum Gasteiger partial charge on any atom is 0.274 e. The third-order valence-corrected chi connectivity index (χ3v) is 5.62. The van der Waals surface area contributed by atoms with Crippen LogP contribution in [0, 0.1) is 0 Å². The Morgan fingerprint density at radius 1 is 1.21 bits per heavy atom. The van der Waals surface area contributed by atoms with E-state index in [4.69, 9.17) is 16.0 Å². The fraction of sp³-hybridized carbons (Fsp3) is 0.182. The Labute approximate surface area is 167 Å². The summed E-state index contributed by atoms with van der Waals surface area (Å²) in [6, 6.07) is 15.4. The molecule has 1 aromatic carbocycles. The number of furan rings is 1. The van der Waals surface area contributed by atoms with Crippen molar-refractivity contribution in [3.05, 3.63) is 82.8 Å². The highest BCUT2D eigenvalue weighted by Crippen LogP contribution is 2.38. The van der Waals surface area contributed by atoms with Crippen molar-refractivity contribution in [2.75, 3.05) is 6.54 Å². The van der Waals surface area contributed by atoms with Gasteiger partial charge in [0.05, 0.1) is 22.8 Å². The molecular weight excluding hydrogens is 374 g/mol. The minimum atomic E-state index is -0.0778. The minimum Gasteiger partial charge on any atom is -0.464 e. The molecule has 4 aromatic rings. The van der Waals surface area contributed by atoms with Crippen LogP contribution >= 0.6 is 11.6 Å². The summed E-state index contributed by atoms with van der Waals surface area (Å²) in [6.07, 6.45) is 4.18. The molecule has 140 valence electrons. The molecule has 28 heavy (non-hydrogen) atoms. The summed E-state index contributed by atoms with van der Waals surface area (Å²) in [7, 11) is 0. The van der Waals surface area contributed by atoms with E-state index in [-0.39, 0.29) is 11.9 Å². The Morgan fingerprint density at radius 2 is 2.11 bits per heavy atom. The number of rotatable bonds is 2. The number of hydrogen-bond donors (Lipinski definition) is 0. The van der Waals surface area contributed by atoms with Crippen LogP contribution in [0.5, 0.6) is 0 Å². The lowest BCUT2D eigenvalue weighted by atomic mass is 9.88. The molecule has 5 rings (SSSR count). The maximum absolute atomic E-state index is 13.3. The maximum atomic E-state index is 13.3. The zero-order valence-corrected chi connectivity index (χ0v) is 16.1. The highest BCUT2D eigenvalue weighted by atomic mass is 35.5. The molecular formula is C22H18ClN3O2. The van der Waals surface area contributed by atoms with Gasteiger partial charge >= 0.3 is 0 Å². The number of amides is 1. The highest BCUT2D eigenvalue weighted by Gasteiger charge is 2.31. The summed E-state index contributed by atoms with van der Waals surface area (Å²) in [5, 5.41) is 5.02. The number of fused-ring (bicyclic) bond motifs is 2. The lowest BCUT2D eigenvalue weighted by molar-refractivity contribution is 0.0671. The van der Waals surface area contributed by atoms with Crippen molar-refractivity contribution in [2.24, 2.45) is 0 Å². The number of carbonyl (C=O) groups excluding carboxylic acids is 1. The fourth-order valence-corrected chi connectivity index (χ4v) is 4.21. The van der Waals surface area contributed by atoms with Crippen molar-refractivity contribution in [3.63, 3.8) is 0 Å². The van der Waals surface area contributed by atoms with E-state index in [1.165, 1.54) is 5.56 Å². The average Bonchev–Trinajstić information content (AvgIpc) is 3.37. The lowest BCUT2D eigenvalue weighted by Gasteiger charge is -2.36. The standard InChI is InChI=1S/C22H18ClN3O2/c1-14-21-15(4-2-5-18(21)20-6-3-11-28-20)9-10-25(14)22(27)19-12-17-8-7-16(23)13-26(17)24-19/h2-8,11-14H,9-10H2,1H3. The molecule has 6 heteroatoms. The predicted octanol–water partition coefficient (Wildman–Crippen LogP) is 5.01. The van der Waals surface area contributed by atoms with Crippen LogP contribution in [0.2, 0.25) is 5.02 Å². The third-order valence-electron chi connectivity index (χ3n) is 5.39. The van der Waals surface area contributed by atoms with Gasteiger partial charge in [-0.15, -0.1) is 0 Å². The van der Waals surface area contributed by atoms with Crippen LogP contribution in [0.15, 0.2) is 65.4 Å². The average molecular weight is 392 g/mol. The largest absolute Gasteiger partial charge is 0.464 e. The van der Waals surface area contributed by atoms with Crippen molar-refractivity contribution in [2.45, 2.75) is 19.4 Å². The quantitative estimate of drug-likeness (QED) is 0.482. The van der Waals surface area contributed by atoms with Gasteiger partial charge < -0.3 is 9.32 Å². The summed E-state index contributed by atoms with van der Waals surface area (Å²) in [5.74, 6) is 0.743. The van der Waals surface area contributed by atoms with Gasteiger partial charge in [0.25, 0.3) is 5.91 Å². The van der Waals surface area contributed by atoms with Gasteiger partial charge in [0, 0.05) is 18.3 Å². The van der Waals surface area contributed by atoms with E-state index in [0.717, 1.165) is 28.8 Å². The first-order valence-corrected chi connectivity index (χ1v) is 9.61. The van der Waals surface area contributed by atoms with Gasteiger partial charge in [0.1, 0.15) is 5.76 Å². The van der Waals surface area contributed by atoms with Crippen molar-refractivity contribution in [3.8, 4) is 11.3 Å². The molecule has 0 fully saturated rings. The van der Waals surface area contributed by atoms with Crippen LogP contribution in [0.4, 0.5) is 0 Å². The molecule has 5 nitrogen and oxygen atoms in total. The molecule has 1 amide bonds. The first-order valence-electron chi connectivity index (χ1n) is 9.23. The molecule has 1 atom stereocenters. The van der Waals surface area contributed by atoms with Gasteiger partial charge in [-0.05, 0) is 54.8 Å². The van der Waals surface area contributed by atoms with Gasteiger partial charge in [-0.3, -0.25) is 4.79 Å². The van der Waals surface area contributed by atoms with E-state index in [1.54, 1.807) is 29.1 Å². The predicted molar refractivity (Wildman–Crippen MR) is 108 cm³/mol. The normalized spacial score (nSPS) is 16.4. The van der Waals surface area contributed by atoms with Gasteiger partial charge in [0.2, 0.25) is 0 Å². The molecule has 4 heterocycles.